The van der Waals surface area contributed by atoms with Gasteiger partial charge in [0.05, 0.1) is 5.75 Å². The van der Waals surface area contributed by atoms with Crippen molar-refractivity contribution in [2.45, 2.75) is 13.3 Å². The van der Waals surface area contributed by atoms with Gasteiger partial charge in [0, 0.05) is 12.2 Å². The van der Waals surface area contributed by atoms with Crippen LogP contribution in [0.1, 0.15) is 12.5 Å². The molecule has 0 saturated carbocycles. The van der Waals surface area contributed by atoms with Gasteiger partial charge in [0.15, 0.2) is 0 Å². The van der Waals surface area contributed by atoms with Crippen LogP contribution in [0.15, 0.2) is 24.3 Å². The Morgan fingerprint density at radius 1 is 1.53 bits per heavy atom. The highest BCUT2D eigenvalue weighted by Crippen LogP contribution is 2.29. The van der Waals surface area contributed by atoms with E-state index in [2.05, 4.69) is 25.6 Å². The van der Waals surface area contributed by atoms with Gasteiger partial charge in [0.25, 0.3) is 0 Å². The molecule has 1 aromatic carbocycles. The van der Waals surface area contributed by atoms with E-state index >= 15 is 0 Å². The van der Waals surface area contributed by atoms with Crippen LogP contribution in [0.4, 0.5) is 5.69 Å². The third-order valence-corrected chi connectivity index (χ3v) is 3.05. The fraction of sp³-hybridized carbons (Fsp3) is 0.417. The first kappa shape index (κ1) is 10.6. The Kier molecular flexibility index (Phi) is 3.00. The Bertz CT molecular complexity index is 378. The van der Waals surface area contributed by atoms with Gasteiger partial charge in [-0.15, -0.1) is 0 Å². The number of thiol groups is 1. The van der Waals surface area contributed by atoms with Crippen molar-refractivity contribution < 1.29 is 4.79 Å². The third-order valence-electron chi connectivity index (χ3n) is 2.78. The molecule has 1 heterocycles. The molecule has 1 aromatic rings. The van der Waals surface area contributed by atoms with Crippen LogP contribution in [0.5, 0.6) is 0 Å². The Hall–Kier alpha value is -0.960. The summed E-state index contributed by atoms with van der Waals surface area (Å²) < 4.78 is 0. The molecular weight excluding hydrogens is 206 g/mol. The first-order valence-corrected chi connectivity index (χ1v) is 5.84. The van der Waals surface area contributed by atoms with Gasteiger partial charge >= 0.3 is 0 Å². The first-order valence-electron chi connectivity index (χ1n) is 5.21. The lowest BCUT2D eigenvalue weighted by atomic mass is 9.94. The van der Waals surface area contributed by atoms with Crippen molar-refractivity contribution in [3.05, 3.63) is 29.8 Å². The van der Waals surface area contributed by atoms with E-state index in [1.807, 2.05) is 23.1 Å². The van der Waals surface area contributed by atoms with Gasteiger partial charge in [-0.2, -0.15) is 12.6 Å². The van der Waals surface area contributed by atoms with E-state index in [4.69, 9.17) is 0 Å². The van der Waals surface area contributed by atoms with Crippen LogP contribution in [-0.2, 0) is 11.2 Å². The average Bonchev–Trinajstić information content (AvgIpc) is 2.26. The molecule has 0 saturated heterocycles. The highest BCUT2D eigenvalue weighted by atomic mass is 32.1. The maximum Gasteiger partial charge on any atom is 0.236 e. The molecule has 1 unspecified atom stereocenters. The average molecular weight is 221 g/mol. The summed E-state index contributed by atoms with van der Waals surface area (Å²) in [6.45, 7) is 2.99. The zero-order valence-corrected chi connectivity index (χ0v) is 9.71. The highest BCUT2D eigenvalue weighted by molar-refractivity contribution is 7.81. The number of carbonyl (C=O) groups excluding carboxylic acids is 1. The minimum atomic E-state index is 0.0948. The van der Waals surface area contributed by atoms with Crippen molar-refractivity contribution in [3.63, 3.8) is 0 Å². The fourth-order valence-electron chi connectivity index (χ4n) is 2.12. The molecule has 15 heavy (non-hydrogen) atoms. The molecule has 3 heteroatoms. The molecule has 0 bridgehead atoms. The van der Waals surface area contributed by atoms with E-state index in [0.717, 1.165) is 18.7 Å². The standard InChI is InChI=1S/C12H15NOS/c1-9-6-10-4-2-3-5-11(10)13(7-9)12(14)8-15/h2-5,9,15H,6-8H2,1H3. The van der Waals surface area contributed by atoms with Crippen molar-refractivity contribution in [1.29, 1.82) is 0 Å². The number of para-hydroxylation sites is 1. The molecule has 0 fully saturated rings. The minimum absolute atomic E-state index is 0.0948. The Morgan fingerprint density at radius 2 is 2.27 bits per heavy atom. The normalized spacial score (nSPS) is 19.9. The van der Waals surface area contributed by atoms with Gasteiger partial charge in [-0.05, 0) is 24.0 Å². The van der Waals surface area contributed by atoms with Crippen molar-refractivity contribution in [2.75, 3.05) is 17.2 Å². The number of benzene rings is 1. The van der Waals surface area contributed by atoms with Crippen molar-refractivity contribution in [1.82, 2.24) is 0 Å². The second kappa shape index (κ2) is 4.27. The number of carbonyl (C=O) groups is 1. The highest BCUT2D eigenvalue weighted by Gasteiger charge is 2.24. The molecule has 1 aliphatic heterocycles. The summed E-state index contributed by atoms with van der Waals surface area (Å²) in [5.74, 6) is 0.905. The van der Waals surface area contributed by atoms with Crippen LogP contribution >= 0.6 is 12.6 Å². The maximum atomic E-state index is 11.7. The van der Waals surface area contributed by atoms with Crippen molar-refractivity contribution in [3.8, 4) is 0 Å². The molecular formula is C12H15NOS. The predicted octanol–water partition coefficient (Wildman–Crippen LogP) is 2.14. The number of hydrogen-bond acceptors (Lipinski definition) is 2. The van der Waals surface area contributed by atoms with Crippen LogP contribution in [0.25, 0.3) is 0 Å². The van der Waals surface area contributed by atoms with Gasteiger partial charge in [0.2, 0.25) is 5.91 Å². The molecule has 1 aliphatic rings. The maximum absolute atomic E-state index is 11.7. The Labute approximate surface area is 95.7 Å². The predicted molar refractivity (Wildman–Crippen MR) is 65.5 cm³/mol. The monoisotopic (exact) mass is 221 g/mol. The molecule has 1 amide bonds. The van der Waals surface area contributed by atoms with Crippen molar-refractivity contribution >= 4 is 24.2 Å². The van der Waals surface area contributed by atoms with Gasteiger partial charge < -0.3 is 4.90 Å². The van der Waals surface area contributed by atoms with Crippen LogP contribution in [-0.4, -0.2) is 18.2 Å². The number of amides is 1. The smallest absolute Gasteiger partial charge is 0.236 e. The molecule has 0 spiro atoms. The van der Waals surface area contributed by atoms with Gasteiger partial charge in [0.1, 0.15) is 0 Å². The van der Waals surface area contributed by atoms with E-state index in [1.54, 1.807) is 0 Å². The molecule has 0 N–H and O–H groups in total. The second-order valence-corrected chi connectivity index (χ2v) is 4.42. The number of nitrogens with zero attached hydrogens (tertiary/aromatic N) is 1. The number of anilines is 1. The van der Waals surface area contributed by atoms with Crippen LogP contribution < -0.4 is 4.90 Å². The SMILES string of the molecule is CC1Cc2ccccc2N(C(=O)CS)C1. The molecule has 2 nitrogen and oxygen atoms in total. The largest absolute Gasteiger partial charge is 0.311 e. The van der Waals surface area contributed by atoms with Gasteiger partial charge in [-0.1, -0.05) is 25.1 Å². The number of hydrogen-bond donors (Lipinski definition) is 1. The summed E-state index contributed by atoms with van der Waals surface area (Å²) in [5, 5.41) is 0. The first-order chi connectivity index (χ1) is 7.22. The van der Waals surface area contributed by atoms with Gasteiger partial charge in [-0.3, -0.25) is 4.79 Å². The quantitative estimate of drug-likeness (QED) is 0.720. The summed E-state index contributed by atoms with van der Waals surface area (Å²) >= 11 is 4.06. The lowest BCUT2D eigenvalue weighted by Gasteiger charge is -2.32. The fourth-order valence-corrected chi connectivity index (χ4v) is 2.29. The summed E-state index contributed by atoms with van der Waals surface area (Å²) in [5.41, 5.74) is 2.33. The molecule has 0 radical (unpaired) electrons. The zero-order valence-electron chi connectivity index (χ0n) is 8.81. The molecule has 1 atom stereocenters. The van der Waals surface area contributed by atoms with E-state index in [9.17, 15) is 4.79 Å². The van der Waals surface area contributed by atoms with Crippen molar-refractivity contribution in [2.24, 2.45) is 5.92 Å². The van der Waals surface area contributed by atoms with Gasteiger partial charge in [-0.25, -0.2) is 0 Å². The number of fused-ring (bicyclic) bond motifs is 1. The lowest BCUT2D eigenvalue weighted by molar-refractivity contribution is -0.116. The van der Waals surface area contributed by atoms with E-state index in [-0.39, 0.29) is 11.7 Å². The molecule has 2 rings (SSSR count). The number of rotatable bonds is 1. The Morgan fingerprint density at radius 3 is 3.00 bits per heavy atom. The van der Waals surface area contributed by atoms with E-state index < -0.39 is 0 Å². The second-order valence-electron chi connectivity index (χ2n) is 4.10. The minimum Gasteiger partial charge on any atom is -0.311 e. The summed E-state index contributed by atoms with van der Waals surface area (Å²) in [7, 11) is 0. The molecule has 0 aliphatic carbocycles. The Balaban J connectivity index is 2.38. The lowest BCUT2D eigenvalue weighted by Crippen LogP contribution is -2.39. The summed E-state index contributed by atoms with van der Waals surface area (Å²) in [6, 6.07) is 8.13. The van der Waals surface area contributed by atoms with Crippen LogP contribution in [0.2, 0.25) is 0 Å². The van der Waals surface area contributed by atoms with Crippen LogP contribution in [0.3, 0.4) is 0 Å². The van der Waals surface area contributed by atoms with Crippen LogP contribution in [0, 0.1) is 5.92 Å². The summed E-state index contributed by atoms with van der Waals surface area (Å²) in [6.07, 6.45) is 1.06. The topological polar surface area (TPSA) is 20.3 Å². The summed E-state index contributed by atoms with van der Waals surface area (Å²) in [4.78, 5) is 13.6. The molecule has 80 valence electrons. The van der Waals surface area contributed by atoms with E-state index in [1.165, 1.54) is 5.56 Å². The van der Waals surface area contributed by atoms with E-state index in [0.29, 0.717) is 5.92 Å². The third kappa shape index (κ3) is 2.02. The molecule has 0 aromatic heterocycles. The zero-order chi connectivity index (χ0) is 10.8.